The number of nitrogens with one attached hydrogen (secondary N) is 1. The van der Waals surface area contributed by atoms with Crippen molar-refractivity contribution in [2.75, 3.05) is 25.1 Å². The fourth-order valence-electron chi connectivity index (χ4n) is 2.91. The van der Waals surface area contributed by atoms with Crippen LogP contribution < -0.4 is 19.5 Å². The Morgan fingerprint density at radius 3 is 2.80 bits per heavy atom. The Bertz CT molecular complexity index is 1110. The Balaban J connectivity index is 1.52. The summed E-state index contributed by atoms with van der Waals surface area (Å²) < 4.78 is 16.3. The van der Waals surface area contributed by atoms with Crippen LogP contribution in [0.25, 0.3) is 11.3 Å². The first-order chi connectivity index (χ1) is 14.5. The lowest BCUT2D eigenvalue weighted by molar-refractivity contribution is -0.385. The first-order valence-electron chi connectivity index (χ1n) is 9.13. The molecule has 1 aromatic heterocycles. The van der Waals surface area contributed by atoms with Crippen molar-refractivity contribution in [3.05, 3.63) is 57.5 Å². The van der Waals surface area contributed by atoms with E-state index in [1.807, 2.05) is 23.6 Å². The summed E-state index contributed by atoms with van der Waals surface area (Å²) in [6, 6.07) is 9.60. The van der Waals surface area contributed by atoms with Gasteiger partial charge in [-0.25, -0.2) is 4.98 Å². The Morgan fingerprint density at radius 2 is 2.03 bits per heavy atom. The molecule has 30 heavy (non-hydrogen) atoms. The van der Waals surface area contributed by atoms with Gasteiger partial charge in [-0.2, -0.15) is 0 Å². The summed E-state index contributed by atoms with van der Waals surface area (Å²) in [5.74, 6) is 0.961. The van der Waals surface area contributed by atoms with E-state index in [4.69, 9.17) is 14.2 Å². The van der Waals surface area contributed by atoms with Crippen LogP contribution in [0.15, 0.2) is 41.8 Å². The number of nitro groups is 1. The number of hydrogen-bond donors (Lipinski definition) is 1. The van der Waals surface area contributed by atoms with E-state index in [0.717, 1.165) is 5.56 Å². The first-order valence-corrected chi connectivity index (χ1v) is 10.0. The van der Waals surface area contributed by atoms with Crippen LogP contribution in [-0.2, 0) is 0 Å². The highest BCUT2D eigenvalue weighted by Crippen LogP contribution is 2.35. The smallest absolute Gasteiger partial charge is 0.311 e. The lowest BCUT2D eigenvalue weighted by Gasteiger charge is -2.18. The molecule has 0 atom stereocenters. The van der Waals surface area contributed by atoms with E-state index in [2.05, 4.69) is 10.3 Å². The van der Waals surface area contributed by atoms with Gasteiger partial charge in [-0.05, 0) is 37.3 Å². The van der Waals surface area contributed by atoms with Crippen molar-refractivity contribution in [1.29, 1.82) is 0 Å². The summed E-state index contributed by atoms with van der Waals surface area (Å²) in [4.78, 5) is 27.7. The van der Waals surface area contributed by atoms with E-state index in [9.17, 15) is 14.9 Å². The molecule has 0 saturated carbocycles. The van der Waals surface area contributed by atoms with Crippen LogP contribution in [0.1, 0.15) is 17.3 Å². The molecule has 0 fully saturated rings. The molecule has 3 aromatic rings. The van der Waals surface area contributed by atoms with E-state index in [0.29, 0.717) is 35.5 Å². The molecule has 0 unspecified atom stereocenters. The second-order valence-corrected chi connectivity index (χ2v) is 7.08. The highest BCUT2D eigenvalue weighted by Gasteiger charge is 2.20. The van der Waals surface area contributed by atoms with Gasteiger partial charge in [-0.1, -0.05) is 0 Å². The molecule has 0 bridgehead atoms. The van der Waals surface area contributed by atoms with Crippen LogP contribution in [0, 0.1) is 10.1 Å². The third kappa shape index (κ3) is 4.03. The minimum Gasteiger partial charge on any atom is -0.487 e. The van der Waals surface area contributed by atoms with Crippen molar-refractivity contribution in [3.8, 4) is 28.5 Å². The highest BCUT2D eigenvalue weighted by atomic mass is 32.1. The number of aromatic nitrogens is 1. The number of rotatable bonds is 6. The predicted octanol–water partition coefficient (Wildman–Crippen LogP) is 4.14. The summed E-state index contributed by atoms with van der Waals surface area (Å²) in [5, 5.41) is 16.1. The fourth-order valence-corrected chi connectivity index (χ4v) is 3.63. The Labute approximate surface area is 175 Å². The first kappa shape index (κ1) is 19.6. The summed E-state index contributed by atoms with van der Waals surface area (Å²) in [5.41, 5.74) is 1.37. The number of fused-ring (bicyclic) bond motifs is 1. The molecule has 1 aliphatic rings. The molecule has 0 spiro atoms. The molecule has 2 heterocycles. The molecule has 1 N–H and O–H groups in total. The number of anilines is 1. The van der Waals surface area contributed by atoms with Crippen molar-refractivity contribution in [2.24, 2.45) is 0 Å². The van der Waals surface area contributed by atoms with E-state index in [1.54, 1.807) is 6.92 Å². The zero-order valence-corrected chi connectivity index (χ0v) is 16.7. The average molecular weight is 427 g/mol. The maximum Gasteiger partial charge on any atom is 0.311 e. The quantitative estimate of drug-likeness (QED) is 0.465. The number of thiazole rings is 1. The van der Waals surface area contributed by atoms with E-state index in [1.165, 1.54) is 29.5 Å². The molecule has 4 rings (SSSR count). The molecular weight excluding hydrogens is 410 g/mol. The van der Waals surface area contributed by atoms with Gasteiger partial charge in [0.25, 0.3) is 5.91 Å². The Morgan fingerprint density at radius 1 is 1.23 bits per heavy atom. The van der Waals surface area contributed by atoms with E-state index < -0.39 is 10.8 Å². The number of carbonyl (C=O) groups excluding carboxylic acids is 1. The van der Waals surface area contributed by atoms with Crippen molar-refractivity contribution >= 4 is 28.1 Å². The Kier molecular flexibility index (Phi) is 5.48. The molecular formula is C20H17N3O6S. The molecule has 1 aliphatic heterocycles. The molecule has 0 aliphatic carbocycles. The van der Waals surface area contributed by atoms with Gasteiger partial charge in [-0.3, -0.25) is 20.2 Å². The number of benzene rings is 2. The van der Waals surface area contributed by atoms with Gasteiger partial charge >= 0.3 is 5.69 Å². The summed E-state index contributed by atoms with van der Waals surface area (Å²) in [6.45, 7) is 3.02. The van der Waals surface area contributed by atoms with Gasteiger partial charge in [0.05, 0.1) is 17.2 Å². The van der Waals surface area contributed by atoms with Gasteiger partial charge < -0.3 is 14.2 Å². The number of nitrogens with zero attached hydrogens (tertiary/aromatic N) is 2. The van der Waals surface area contributed by atoms with Crippen LogP contribution in [-0.4, -0.2) is 35.6 Å². The summed E-state index contributed by atoms with van der Waals surface area (Å²) in [7, 11) is 0. The standard InChI is InChI=1S/C20H17N3O6S/c1-2-27-16-5-4-13(9-15(16)23(25)26)19(24)22-20-21-14(11-30-20)12-3-6-17-18(10-12)29-8-7-28-17/h3-6,9-11H,2,7-8H2,1H3,(H,21,22,24). The van der Waals surface area contributed by atoms with Gasteiger partial charge in [0.1, 0.15) is 13.2 Å². The zero-order chi connectivity index (χ0) is 21.1. The lowest BCUT2D eigenvalue weighted by Crippen LogP contribution is -2.15. The molecule has 9 nitrogen and oxygen atoms in total. The molecule has 2 aromatic carbocycles. The van der Waals surface area contributed by atoms with Crippen molar-refractivity contribution in [2.45, 2.75) is 6.92 Å². The monoisotopic (exact) mass is 427 g/mol. The summed E-state index contributed by atoms with van der Waals surface area (Å²) in [6.07, 6.45) is 0. The van der Waals surface area contributed by atoms with Gasteiger partial charge in [0, 0.05) is 22.6 Å². The number of ether oxygens (including phenoxy) is 3. The number of hydrogen-bond acceptors (Lipinski definition) is 8. The second kappa shape index (κ2) is 8.37. The molecule has 154 valence electrons. The fraction of sp³-hybridized carbons (Fsp3) is 0.200. The maximum atomic E-state index is 12.6. The van der Waals surface area contributed by atoms with Crippen LogP contribution in [0.2, 0.25) is 0 Å². The average Bonchev–Trinajstić information content (AvgIpc) is 3.22. The SMILES string of the molecule is CCOc1ccc(C(=O)Nc2nc(-c3ccc4c(c3)OCCO4)cs2)cc1[N+](=O)[O-]. The normalized spacial score (nSPS) is 12.3. The van der Waals surface area contributed by atoms with Crippen molar-refractivity contribution in [3.63, 3.8) is 0 Å². The third-order valence-corrected chi connectivity index (χ3v) is 5.04. The number of nitro benzene ring substituents is 1. The molecule has 1 amide bonds. The topological polar surface area (TPSA) is 113 Å². The van der Waals surface area contributed by atoms with Crippen molar-refractivity contribution in [1.82, 2.24) is 4.98 Å². The third-order valence-electron chi connectivity index (χ3n) is 4.28. The predicted molar refractivity (Wildman–Crippen MR) is 111 cm³/mol. The summed E-state index contributed by atoms with van der Waals surface area (Å²) >= 11 is 1.25. The number of carbonyl (C=O) groups is 1. The lowest BCUT2D eigenvalue weighted by atomic mass is 10.1. The second-order valence-electron chi connectivity index (χ2n) is 6.22. The van der Waals surface area contributed by atoms with Crippen molar-refractivity contribution < 1.29 is 23.9 Å². The van der Waals surface area contributed by atoms with Crippen LogP contribution in [0.3, 0.4) is 0 Å². The minimum atomic E-state index is -0.578. The molecule has 0 radical (unpaired) electrons. The van der Waals surface area contributed by atoms with Crippen LogP contribution in [0.4, 0.5) is 10.8 Å². The minimum absolute atomic E-state index is 0.120. The maximum absolute atomic E-state index is 12.6. The van der Waals surface area contributed by atoms with Gasteiger partial charge in [-0.15, -0.1) is 11.3 Å². The highest BCUT2D eigenvalue weighted by molar-refractivity contribution is 7.14. The van der Waals surface area contributed by atoms with E-state index in [-0.39, 0.29) is 23.6 Å². The Hall–Kier alpha value is -3.66. The largest absolute Gasteiger partial charge is 0.487 e. The number of amides is 1. The molecule has 0 saturated heterocycles. The van der Waals surface area contributed by atoms with E-state index >= 15 is 0 Å². The van der Waals surface area contributed by atoms with Crippen LogP contribution >= 0.6 is 11.3 Å². The van der Waals surface area contributed by atoms with Gasteiger partial charge in [0.15, 0.2) is 22.4 Å². The van der Waals surface area contributed by atoms with Gasteiger partial charge in [0.2, 0.25) is 0 Å². The molecule has 10 heteroatoms. The zero-order valence-electron chi connectivity index (χ0n) is 15.9. The van der Waals surface area contributed by atoms with Crippen LogP contribution in [0.5, 0.6) is 17.2 Å².